The molecule has 0 aliphatic carbocycles. The maximum atomic E-state index is 13.1. The van der Waals surface area contributed by atoms with Gasteiger partial charge in [-0.1, -0.05) is 16.8 Å². The predicted octanol–water partition coefficient (Wildman–Crippen LogP) is 3.46. The lowest BCUT2D eigenvalue weighted by Gasteiger charge is -2.21. The van der Waals surface area contributed by atoms with Crippen LogP contribution in [-0.2, 0) is 6.42 Å². The molecule has 1 aromatic heterocycles. The molecule has 1 fully saturated rings. The number of hydrogen-bond acceptors (Lipinski definition) is 4. The Morgan fingerprint density at radius 3 is 2.90 bits per heavy atom. The van der Waals surface area contributed by atoms with Gasteiger partial charge in [0.1, 0.15) is 5.82 Å². The normalized spacial score (nSPS) is 16.3. The zero-order valence-electron chi connectivity index (χ0n) is 11.6. The summed E-state index contributed by atoms with van der Waals surface area (Å²) < 4.78 is 18.4. The minimum Gasteiger partial charge on any atom is -0.339 e. The van der Waals surface area contributed by atoms with Crippen LogP contribution in [0.5, 0.6) is 0 Å². The summed E-state index contributed by atoms with van der Waals surface area (Å²) in [6.07, 6.45) is 4.25. The fourth-order valence-electron chi connectivity index (χ4n) is 2.61. The smallest absolute Gasteiger partial charge is 0.226 e. The van der Waals surface area contributed by atoms with E-state index in [1.807, 2.05) is 0 Å². The van der Waals surface area contributed by atoms with Gasteiger partial charge >= 0.3 is 0 Å². The van der Waals surface area contributed by atoms with Gasteiger partial charge in [-0.3, -0.25) is 0 Å². The minimum absolute atomic E-state index is 0.0635. The van der Waals surface area contributed by atoms with Crippen LogP contribution in [0.4, 0.5) is 4.39 Å². The third-order valence-electron chi connectivity index (χ3n) is 3.87. The van der Waals surface area contributed by atoms with Crippen molar-refractivity contribution in [1.82, 2.24) is 15.5 Å². The molecule has 1 aromatic carbocycles. The topological polar surface area (TPSA) is 51.0 Å². The molecule has 0 atom stereocenters. The molecule has 0 amide bonds. The van der Waals surface area contributed by atoms with Gasteiger partial charge < -0.3 is 9.84 Å². The zero-order valence-corrected chi connectivity index (χ0v) is 12.4. The Morgan fingerprint density at radius 1 is 1.33 bits per heavy atom. The fourth-order valence-corrected chi connectivity index (χ4v) is 2.79. The van der Waals surface area contributed by atoms with Crippen LogP contribution in [0.3, 0.4) is 0 Å². The molecule has 0 bridgehead atoms. The maximum Gasteiger partial charge on any atom is 0.226 e. The fraction of sp³-hybridized carbons (Fsp3) is 0.467. The molecule has 3 rings (SSSR count). The molecule has 2 aromatic rings. The highest BCUT2D eigenvalue weighted by molar-refractivity contribution is 6.31. The summed E-state index contributed by atoms with van der Waals surface area (Å²) >= 11 is 5.77. The highest BCUT2D eigenvalue weighted by Gasteiger charge is 2.15. The molecule has 0 unspecified atom stereocenters. The molecule has 0 saturated carbocycles. The number of hydrogen-bond donors (Lipinski definition) is 1. The lowest BCUT2D eigenvalue weighted by molar-refractivity contribution is 0.324. The molecule has 4 nitrogen and oxygen atoms in total. The van der Waals surface area contributed by atoms with Crippen LogP contribution >= 0.6 is 11.6 Å². The Balaban J connectivity index is 1.63. The molecule has 6 heteroatoms. The monoisotopic (exact) mass is 309 g/mol. The van der Waals surface area contributed by atoms with Crippen molar-refractivity contribution >= 4 is 11.6 Å². The van der Waals surface area contributed by atoms with Crippen LogP contribution in [0, 0.1) is 11.7 Å². The lowest BCUT2D eigenvalue weighted by Crippen LogP contribution is -2.27. The van der Waals surface area contributed by atoms with Crippen molar-refractivity contribution in [2.45, 2.75) is 25.7 Å². The summed E-state index contributed by atoms with van der Waals surface area (Å²) in [7, 11) is 0. The average molecular weight is 310 g/mol. The first-order valence-corrected chi connectivity index (χ1v) is 7.59. The highest BCUT2D eigenvalue weighted by atomic mass is 35.5. The van der Waals surface area contributed by atoms with E-state index in [2.05, 4.69) is 15.5 Å². The summed E-state index contributed by atoms with van der Waals surface area (Å²) in [5.74, 6) is 1.36. The lowest BCUT2D eigenvalue weighted by atomic mass is 9.93. The Morgan fingerprint density at radius 2 is 2.14 bits per heavy atom. The van der Waals surface area contributed by atoms with Crippen molar-refractivity contribution in [2.75, 3.05) is 13.1 Å². The third-order valence-corrected chi connectivity index (χ3v) is 4.16. The Labute approximate surface area is 127 Å². The van der Waals surface area contributed by atoms with Gasteiger partial charge in [-0.2, -0.15) is 4.98 Å². The summed E-state index contributed by atoms with van der Waals surface area (Å²) in [5, 5.41) is 7.36. The number of nitrogens with zero attached hydrogens (tertiary/aromatic N) is 2. The van der Waals surface area contributed by atoms with E-state index in [1.54, 1.807) is 6.07 Å². The van der Waals surface area contributed by atoms with Crippen LogP contribution in [0.2, 0.25) is 5.02 Å². The van der Waals surface area contributed by atoms with Crippen LogP contribution in [0.15, 0.2) is 22.7 Å². The molecule has 2 heterocycles. The molecular formula is C15H17ClFN3O. The quantitative estimate of drug-likeness (QED) is 0.939. The van der Waals surface area contributed by atoms with E-state index in [9.17, 15) is 4.39 Å². The molecule has 112 valence electrons. The van der Waals surface area contributed by atoms with E-state index in [-0.39, 0.29) is 5.02 Å². The zero-order chi connectivity index (χ0) is 14.7. The number of aryl methyl sites for hydroxylation is 1. The van der Waals surface area contributed by atoms with E-state index in [4.69, 9.17) is 16.1 Å². The summed E-state index contributed by atoms with van der Waals surface area (Å²) in [6, 6.07) is 4.42. The van der Waals surface area contributed by atoms with E-state index < -0.39 is 5.82 Å². The molecular weight excluding hydrogens is 293 g/mol. The van der Waals surface area contributed by atoms with Gasteiger partial charge in [0, 0.05) is 12.0 Å². The molecule has 1 N–H and O–H groups in total. The molecule has 1 aliphatic heterocycles. The number of piperidine rings is 1. The number of aromatic nitrogens is 2. The molecule has 0 radical (unpaired) electrons. The summed E-state index contributed by atoms with van der Waals surface area (Å²) in [5.41, 5.74) is 0.665. The Bertz CT molecular complexity index is 611. The van der Waals surface area contributed by atoms with Gasteiger partial charge in [0.15, 0.2) is 0 Å². The SMILES string of the molecule is Fc1ccc(-c2noc(CCC3CCNCC3)n2)cc1Cl. The predicted molar refractivity (Wildman–Crippen MR) is 78.6 cm³/mol. The first-order chi connectivity index (χ1) is 10.2. The van der Waals surface area contributed by atoms with Crippen molar-refractivity contribution < 1.29 is 8.91 Å². The average Bonchev–Trinajstić information content (AvgIpc) is 2.98. The van der Waals surface area contributed by atoms with Crippen LogP contribution in [-0.4, -0.2) is 23.2 Å². The largest absolute Gasteiger partial charge is 0.339 e. The standard InChI is InChI=1S/C15H17ClFN3O/c16-12-9-11(2-3-13(12)17)15-19-14(21-20-15)4-1-10-5-7-18-8-6-10/h2-3,9-10,18H,1,4-8H2. The summed E-state index contributed by atoms with van der Waals surface area (Å²) in [6.45, 7) is 2.18. The molecule has 21 heavy (non-hydrogen) atoms. The van der Waals surface area contributed by atoms with Crippen molar-refractivity contribution in [1.29, 1.82) is 0 Å². The second-order valence-electron chi connectivity index (χ2n) is 5.37. The number of nitrogens with one attached hydrogen (secondary N) is 1. The van der Waals surface area contributed by atoms with Gasteiger partial charge in [-0.25, -0.2) is 4.39 Å². The number of benzene rings is 1. The van der Waals surface area contributed by atoms with Crippen molar-refractivity contribution in [2.24, 2.45) is 5.92 Å². The second-order valence-corrected chi connectivity index (χ2v) is 5.78. The second kappa shape index (κ2) is 6.54. The molecule has 1 saturated heterocycles. The van der Waals surface area contributed by atoms with Crippen molar-refractivity contribution in [3.63, 3.8) is 0 Å². The first kappa shape index (κ1) is 14.5. The first-order valence-electron chi connectivity index (χ1n) is 7.21. The third kappa shape index (κ3) is 3.60. The summed E-state index contributed by atoms with van der Waals surface area (Å²) in [4.78, 5) is 4.36. The van der Waals surface area contributed by atoms with Gasteiger partial charge in [-0.05, 0) is 56.5 Å². The number of rotatable bonds is 4. The van der Waals surface area contributed by atoms with E-state index >= 15 is 0 Å². The number of halogens is 2. The maximum absolute atomic E-state index is 13.1. The van der Waals surface area contributed by atoms with Gasteiger partial charge in [0.05, 0.1) is 5.02 Å². The molecule has 1 aliphatic rings. The van der Waals surface area contributed by atoms with Crippen molar-refractivity contribution in [3.05, 3.63) is 34.9 Å². The Hall–Kier alpha value is -1.46. The van der Waals surface area contributed by atoms with E-state index in [0.717, 1.165) is 31.8 Å². The van der Waals surface area contributed by atoms with Gasteiger partial charge in [0.25, 0.3) is 0 Å². The van der Waals surface area contributed by atoms with Crippen molar-refractivity contribution in [3.8, 4) is 11.4 Å². The van der Waals surface area contributed by atoms with Crippen LogP contribution < -0.4 is 5.32 Å². The van der Waals surface area contributed by atoms with Gasteiger partial charge in [0.2, 0.25) is 11.7 Å². The van der Waals surface area contributed by atoms with E-state index in [0.29, 0.717) is 17.3 Å². The van der Waals surface area contributed by atoms with E-state index in [1.165, 1.54) is 25.0 Å². The van der Waals surface area contributed by atoms with Crippen LogP contribution in [0.25, 0.3) is 11.4 Å². The molecule has 0 spiro atoms. The highest BCUT2D eigenvalue weighted by Crippen LogP contribution is 2.24. The van der Waals surface area contributed by atoms with Gasteiger partial charge in [-0.15, -0.1) is 0 Å². The Kier molecular flexibility index (Phi) is 4.51. The van der Waals surface area contributed by atoms with Crippen LogP contribution in [0.1, 0.15) is 25.2 Å². The minimum atomic E-state index is -0.449.